The normalized spacial score (nSPS) is 17.6. The van der Waals surface area contributed by atoms with Crippen LogP contribution < -0.4 is 10.6 Å². The van der Waals surface area contributed by atoms with E-state index in [9.17, 15) is 0 Å². The molecule has 1 fully saturated rings. The summed E-state index contributed by atoms with van der Waals surface area (Å²) in [5, 5.41) is 6.93. The first kappa shape index (κ1) is 20.2. The van der Waals surface area contributed by atoms with Gasteiger partial charge in [-0.25, -0.2) is 4.98 Å². The van der Waals surface area contributed by atoms with E-state index in [0.717, 1.165) is 43.3 Å². The van der Waals surface area contributed by atoms with Crippen molar-refractivity contribution in [3.63, 3.8) is 0 Å². The highest BCUT2D eigenvalue weighted by atomic mass is 16.3. The lowest BCUT2D eigenvalue weighted by molar-refractivity contribution is 0.192. The Kier molecular flexibility index (Phi) is 6.77. The van der Waals surface area contributed by atoms with Crippen molar-refractivity contribution in [2.75, 3.05) is 20.1 Å². The minimum absolute atomic E-state index is 0.380. The quantitative estimate of drug-likeness (QED) is 0.486. The third kappa shape index (κ3) is 5.48. The Morgan fingerprint density at radius 3 is 2.67 bits per heavy atom. The Morgan fingerprint density at radius 1 is 1.13 bits per heavy atom. The minimum Gasteiger partial charge on any atom is -0.444 e. The maximum atomic E-state index is 5.62. The number of rotatable bonds is 6. The summed E-state index contributed by atoms with van der Waals surface area (Å²) >= 11 is 0. The molecular formula is C24H29N5O. The maximum Gasteiger partial charge on any atom is 0.226 e. The Hall–Kier alpha value is -3.12. The molecule has 0 amide bonds. The molecule has 6 heteroatoms. The standard InChI is InChI=1S/C24H29N5O/c1-25-24(26-15-22-18-30-23(27-22)20-11-6-3-7-12-20)28-21-13-8-14-29(17-21)16-19-9-4-2-5-10-19/h2-7,9-12,18,21H,8,13-17H2,1H3,(H2,25,26,28). The number of nitrogens with zero attached hydrogens (tertiary/aromatic N) is 3. The van der Waals surface area contributed by atoms with E-state index in [4.69, 9.17) is 4.42 Å². The molecule has 1 aliphatic heterocycles. The van der Waals surface area contributed by atoms with Crippen LogP contribution in [-0.2, 0) is 13.1 Å². The molecule has 4 rings (SSSR count). The number of oxazole rings is 1. The largest absolute Gasteiger partial charge is 0.444 e. The summed E-state index contributed by atoms with van der Waals surface area (Å²) in [4.78, 5) is 11.5. The fraction of sp³-hybridized carbons (Fsp3) is 0.333. The number of aromatic nitrogens is 1. The van der Waals surface area contributed by atoms with Gasteiger partial charge in [0.1, 0.15) is 6.26 Å². The highest BCUT2D eigenvalue weighted by Gasteiger charge is 2.20. The van der Waals surface area contributed by atoms with Gasteiger partial charge in [0.15, 0.2) is 5.96 Å². The number of hydrogen-bond acceptors (Lipinski definition) is 4. The minimum atomic E-state index is 0.380. The first-order chi connectivity index (χ1) is 14.8. The molecule has 0 bridgehead atoms. The van der Waals surface area contributed by atoms with Crippen LogP contribution in [0, 0.1) is 0 Å². The smallest absolute Gasteiger partial charge is 0.226 e. The van der Waals surface area contributed by atoms with Gasteiger partial charge in [-0.2, -0.15) is 0 Å². The van der Waals surface area contributed by atoms with Crippen LogP contribution in [0.1, 0.15) is 24.1 Å². The fourth-order valence-corrected chi connectivity index (χ4v) is 3.82. The van der Waals surface area contributed by atoms with Gasteiger partial charge >= 0.3 is 0 Å². The van der Waals surface area contributed by atoms with Crippen LogP contribution in [-0.4, -0.2) is 42.0 Å². The monoisotopic (exact) mass is 403 g/mol. The lowest BCUT2D eigenvalue weighted by Gasteiger charge is -2.33. The number of guanidine groups is 1. The number of benzene rings is 2. The van der Waals surface area contributed by atoms with Crippen molar-refractivity contribution in [1.29, 1.82) is 0 Å². The number of piperidine rings is 1. The summed E-state index contributed by atoms with van der Waals surface area (Å²) in [7, 11) is 1.80. The summed E-state index contributed by atoms with van der Waals surface area (Å²) in [6, 6.07) is 21.0. The van der Waals surface area contributed by atoms with E-state index in [2.05, 4.69) is 55.8 Å². The Labute approximate surface area is 178 Å². The number of hydrogen-bond donors (Lipinski definition) is 2. The topological polar surface area (TPSA) is 65.7 Å². The predicted molar refractivity (Wildman–Crippen MR) is 120 cm³/mol. The second-order valence-electron chi connectivity index (χ2n) is 7.64. The highest BCUT2D eigenvalue weighted by molar-refractivity contribution is 5.79. The highest BCUT2D eigenvalue weighted by Crippen LogP contribution is 2.18. The average Bonchev–Trinajstić information content (AvgIpc) is 3.27. The van der Waals surface area contributed by atoms with Crippen molar-refractivity contribution in [2.24, 2.45) is 4.99 Å². The number of aliphatic imine (C=N–C) groups is 1. The van der Waals surface area contributed by atoms with Gasteiger partial charge in [-0.15, -0.1) is 0 Å². The average molecular weight is 404 g/mol. The molecule has 1 aromatic heterocycles. The van der Waals surface area contributed by atoms with Crippen LogP contribution >= 0.6 is 0 Å². The van der Waals surface area contributed by atoms with E-state index in [1.54, 1.807) is 13.3 Å². The SMILES string of the molecule is CN=C(NCc1coc(-c2ccccc2)n1)NC1CCCN(Cc2ccccc2)C1. The van der Waals surface area contributed by atoms with Crippen molar-refractivity contribution in [3.05, 3.63) is 78.2 Å². The van der Waals surface area contributed by atoms with Gasteiger partial charge in [0.25, 0.3) is 0 Å². The zero-order valence-electron chi connectivity index (χ0n) is 17.4. The third-order valence-electron chi connectivity index (χ3n) is 5.33. The molecule has 0 radical (unpaired) electrons. The van der Waals surface area contributed by atoms with Crippen LogP contribution in [0.4, 0.5) is 0 Å². The second-order valence-corrected chi connectivity index (χ2v) is 7.64. The number of likely N-dealkylation sites (tertiary alicyclic amines) is 1. The molecule has 0 aliphatic carbocycles. The van der Waals surface area contributed by atoms with Gasteiger partial charge in [0.05, 0.1) is 12.2 Å². The van der Waals surface area contributed by atoms with E-state index >= 15 is 0 Å². The number of nitrogens with one attached hydrogen (secondary N) is 2. The summed E-state index contributed by atoms with van der Waals surface area (Å²) in [6.45, 7) is 3.71. The van der Waals surface area contributed by atoms with Gasteiger partial charge in [0.2, 0.25) is 5.89 Å². The fourth-order valence-electron chi connectivity index (χ4n) is 3.82. The van der Waals surface area contributed by atoms with Gasteiger partial charge < -0.3 is 15.1 Å². The van der Waals surface area contributed by atoms with Crippen molar-refractivity contribution in [2.45, 2.75) is 32.0 Å². The molecule has 30 heavy (non-hydrogen) atoms. The van der Waals surface area contributed by atoms with E-state index in [1.165, 1.54) is 12.0 Å². The Balaban J connectivity index is 1.28. The maximum absolute atomic E-state index is 5.62. The zero-order chi connectivity index (χ0) is 20.6. The third-order valence-corrected chi connectivity index (χ3v) is 5.33. The lowest BCUT2D eigenvalue weighted by atomic mass is 10.0. The predicted octanol–water partition coefficient (Wildman–Crippen LogP) is 3.67. The second kappa shape index (κ2) is 10.1. The zero-order valence-corrected chi connectivity index (χ0v) is 17.4. The first-order valence-electron chi connectivity index (χ1n) is 10.5. The summed E-state index contributed by atoms with van der Waals surface area (Å²) in [5.41, 5.74) is 3.19. The molecule has 0 saturated carbocycles. The van der Waals surface area contributed by atoms with Gasteiger partial charge in [-0.3, -0.25) is 9.89 Å². The molecule has 3 aromatic rings. The molecule has 1 unspecified atom stereocenters. The Morgan fingerprint density at radius 2 is 1.90 bits per heavy atom. The van der Waals surface area contributed by atoms with Gasteiger partial charge in [-0.1, -0.05) is 48.5 Å². The van der Waals surface area contributed by atoms with E-state index in [1.807, 2.05) is 30.3 Å². The Bertz CT molecular complexity index is 938. The van der Waals surface area contributed by atoms with Crippen molar-refractivity contribution < 1.29 is 4.42 Å². The van der Waals surface area contributed by atoms with Crippen LogP contribution in [0.15, 0.2) is 76.3 Å². The van der Waals surface area contributed by atoms with Crippen LogP contribution in [0.25, 0.3) is 11.5 Å². The molecule has 2 heterocycles. The van der Waals surface area contributed by atoms with Crippen molar-refractivity contribution in [1.82, 2.24) is 20.5 Å². The van der Waals surface area contributed by atoms with E-state index in [-0.39, 0.29) is 0 Å². The molecule has 1 atom stereocenters. The summed E-state index contributed by atoms with van der Waals surface area (Å²) < 4.78 is 5.62. The van der Waals surface area contributed by atoms with Crippen LogP contribution in [0.2, 0.25) is 0 Å². The van der Waals surface area contributed by atoms with Gasteiger partial charge in [0, 0.05) is 31.7 Å². The molecule has 156 valence electrons. The summed E-state index contributed by atoms with van der Waals surface area (Å²) in [5.74, 6) is 1.44. The molecule has 0 spiro atoms. The molecule has 2 aromatic carbocycles. The molecule has 1 saturated heterocycles. The lowest BCUT2D eigenvalue weighted by Crippen LogP contribution is -2.50. The van der Waals surface area contributed by atoms with Gasteiger partial charge in [-0.05, 0) is 37.1 Å². The molecular weight excluding hydrogens is 374 g/mol. The van der Waals surface area contributed by atoms with E-state index < -0.39 is 0 Å². The molecule has 6 nitrogen and oxygen atoms in total. The van der Waals surface area contributed by atoms with E-state index in [0.29, 0.717) is 18.5 Å². The van der Waals surface area contributed by atoms with Crippen LogP contribution in [0.3, 0.4) is 0 Å². The molecule has 1 aliphatic rings. The molecule has 2 N–H and O–H groups in total. The van der Waals surface area contributed by atoms with Crippen LogP contribution in [0.5, 0.6) is 0 Å². The summed E-state index contributed by atoms with van der Waals surface area (Å²) in [6.07, 6.45) is 4.03. The first-order valence-corrected chi connectivity index (χ1v) is 10.5. The van der Waals surface area contributed by atoms with Crippen molar-refractivity contribution >= 4 is 5.96 Å². The van der Waals surface area contributed by atoms with Crippen molar-refractivity contribution in [3.8, 4) is 11.5 Å².